The van der Waals surface area contributed by atoms with Crippen molar-refractivity contribution in [3.63, 3.8) is 0 Å². The summed E-state index contributed by atoms with van der Waals surface area (Å²) in [5, 5.41) is 12.6. The van der Waals surface area contributed by atoms with Crippen LogP contribution in [0.4, 0.5) is 11.5 Å². The average molecular weight is 548 g/mol. The monoisotopic (exact) mass is 548 g/mol. The number of pyridine rings is 1. The number of hydrogen-bond acceptors (Lipinski definition) is 5. The lowest BCUT2D eigenvalue weighted by atomic mass is 10.1. The molecule has 2 aromatic heterocycles. The SMILES string of the molecule is CN=C(NCc1cc(N(C)C)nc2ccccc12)NC1CCCN(c2cnn(C)c2)C1.I. The van der Waals surface area contributed by atoms with Crippen molar-refractivity contribution in [2.24, 2.45) is 12.0 Å². The summed E-state index contributed by atoms with van der Waals surface area (Å²) in [6.45, 7) is 2.68. The maximum atomic E-state index is 4.76. The van der Waals surface area contributed by atoms with E-state index in [2.05, 4.69) is 56.1 Å². The lowest BCUT2D eigenvalue weighted by molar-refractivity contribution is 0.468. The smallest absolute Gasteiger partial charge is 0.191 e. The molecule has 1 aromatic carbocycles. The lowest BCUT2D eigenvalue weighted by Crippen LogP contribution is -2.51. The number of halogens is 1. The van der Waals surface area contributed by atoms with Gasteiger partial charge in [-0.05, 0) is 30.5 Å². The van der Waals surface area contributed by atoms with Gasteiger partial charge in [0.15, 0.2) is 5.96 Å². The zero-order chi connectivity index (χ0) is 21.8. The van der Waals surface area contributed by atoms with Crippen molar-refractivity contribution in [2.75, 3.05) is 44.0 Å². The van der Waals surface area contributed by atoms with E-state index in [9.17, 15) is 0 Å². The first-order chi connectivity index (χ1) is 15.0. The summed E-state index contributed by atoms with van der Waals surface area (Å²) < 4.78 is 1.86. The van der Waals surface area contributed by atoms with Crippen LogP contribution in [0.25, 0.3) is 10.9 Å². The Morgan fingerprint density at radius 1 is 1.28 bits per heavy atom. The number of rotatable bonds is 5. The number of hydrogen-bond donors (Lipinski definition) is 2. The van der Waals surface area contributed by atoms with E-state index in [0.29, 0.717) is 12.6 Å². The van der Waals surface area contributed by atoms with Crippen molar-refractivity contribution < 1.29 is 0 Å². The summed E-state index contributed by atoms with van der Waals surface area (Å²) in [6, 6.07) is 10.8. The molecule has 9 heteroatoms. The zero-order valence-corrected chi connectivity index (χ0v) is 21.6. The number of para-hydroxylation sites is 1. The van der Waals surface area contributed by atoms with Gasteiger partial charge >= 0.3 is 0 Å². The largest absolute Gasteiger partial charge is 0.367 e. The summed E-state index contributed by atoms with van der Waals surface area (Å²) in [5.41, 5.74) is 3.39. The van der Waals surface area contributed by atoms with Gasteiger partial charge in [0.25, 0.3) is 0 Å². The molecule has 3 aromatic rings. The zero-order valence-electron chi connectivity index (χ0n) is 19.2. The van der Waals surface area contributed by atoms with E-state index in [1.807, 2.05) is 50.0 Å². The standard InChI is InChI=1S/C23H32N8.HI/c1-24-23(27-18-8-7-11-31(15-18)19-14-26-30(4)16-19)25-13-17-12-22(29(2)3)28-21-10-6-5-9-20(17)21;/h5-6,9-10,12,14,16,18H,7-8,11,13,15H2,1-4H3,(H2,24,25,27);1H. The predicted molar refractivity (Wildman–Crippen MR) is 143 cm³/mol. The molecule has 1 saturated heterocycles. The van der Waals surface area contributed by atoms with E-state index < -0.39 is 0 Å². The van der Waals surface area contributed by atoms with Gasteiger partial charge in [-0.1, -0.05) is 18.2 Å². The van der Waals surface area contributed by atoms with Gasteiger partial charge in [0.1, 0.15) is 5.82 Å². The Kier molecular flexibility index (Phi) is 8.16. The van der Waals surface area contributed by atoms with Gasteiger partial charge < -0.3 is 20.4 Å². The van der Waals surface area contributed by atoms with Gasteiger partial charge in [0.05, 0.1) is 17.4 Å². The first-order valence-corrected chi connectivity index (χ1v) is 10.8. The second kappa shape index (κ2) is 10.8. The Labute approximate surface area is 207 Å². The number of aryl methyl sites for hydroxylation is 1. The van der Waals surface area contributed by atoms with Gasteiger partial charge in [-0.2, -0.15) is 5.10 Å². The summed E-state index contributed by atoms with van der Waals surface area (Å²) >= 11 is 0. The van der Waals surface area contributed by atoms with Crippen molar-refractivity contribution in [1.29, 1.82) is 0 Å². The number of guanidine groups is 1. The molecule has 0 bridgehead atoms. The number of benzene rings is 1. The highest BCUT2D eigenvalue weighted by molar-refractivity contribution is 14.0. The number of nitrogens with zero attached hydrogens (tertiary/aromatic N) is 6. The summed E-state index contributed by atoms with van der Waals surface area (Å²) in [4.78, 5) is 13.7. The van der Waals surface area contributed by atoms with Crippen LogP contribution in [0.2, 0.25) is 0 Å². The molecule has 0 saturated carbocycles. The minimum absolute atomic E-state index is 0. The number of fused-ring (bicyclic) bond motifs is 1. The second-order valence-corrected chi connectivity index (χ2v) is 8.28. The highest BCUT2D eigenvalue weighted by atomic mass is 127. The number of anilines is 2. The van der Waals surface area contributed by atoms with Crippen LogP contribution in [-0.4, -0.2) is 61.0 Å². The fourth-order valence-electron chi connectivity index (χ4n) is 4.08. The van der Waals surface area contributed by atoms with Gasteiger partial charge in [-0.25, -0.2) is 4.98 Å². The third-order valence-corrected chi connectivity index (χ3v) is 5.74. The molecule has 32 heavy (non-hydrogen) atoms. The maximum Gasteiger partial charge on any atom is 0.191 e. The van der Waals surface area contributed by atoms with Crippen LogP contribution in [0.15, 0.2) is 47.7 Å². The van der Waals surface area contributed by atoms with E-state index in [1.165, 1.54) is 11.3 Å². The Morgan fingerprint density at radius 3 is 2.81 bits per heavy atom. The van der Waals surface area contributed by atoms with E-state index in [-0.39, 0.29) is 24.0 Å². The first-order valence-electron chi connectivity index (χ1n) is 10.8. The summed E-state index contributed by atoms with van der Waals surface area (Å²) in [5.74, 6) is 1.78. The van der Waals surface area contributed by atoms with Crippen molar-refractivity contribution in [1.82, 2.24) is 25.4 Å². The molecular weight excluding hydrogens is 515 g/mol. The van der Waals surface area contributed by atoms with Crippen molar-refractivity contribution in [2.45, 2.75) is 25.4 Å². The molecule has 0 amide bonds. The van der Waals surface area contributed by atoms with Crippen molar-refractivity contribution in [3.05, 3.63) is 48.3 Å². The molecule has 8 nitrogen and oxygen atoms in total. The lowest BCUT2D eigenvalue weighted by Gasteiger charge is -2.34. The van der Waals surface area contributed by atoms with Crippen LogP contribution >= 0.6 is 24.0 Å². The molecule has 1 atom stereocenters. The molecule has 4 rings (SSSR count). The van der Waals surface area contributed by atoms with Crippen LogP contribution in [0, 0.1) is 0 Å². The number of aromatic nitrogens is 3. The summed E-state index contributed by atoms with van der Waals surface area (Å²) in [6.07, 6.45) is 6.28. The van der Waals surface area contributed by atoms with Gasteiger partial charge in [0.2, 0.25) is 0 Å². The molecule has 2 N–H and O–H groups in total. The van der Waals surface area contributed by atoms with Crippen LogP contribution in [0.5, 0.6) is 0 Å². The highest BCUT2D eigenvalue weighted by Gasteiger charge is 2.22. The van der Waals surface area contributed by atoms with Gasteiger partial charge in [0, 0.05) is 65.4 Å². The summed E-state index contributed by atoms with van der Waals surface area (Å²) in [7, 11) is 7.82. The van der Waals surface area contributed by atoms with Crippen LogP contribution in [0.1, 0.15) is 18.4 Å². The van der Waals surface area contributed by atoms with Gasteiger partial charge in [-0.3, -0.25) is 9.67 Å². The van der Waals surface area contributed by atoms with Crippen molar-refractivity contribution >= 4 is 52.3 Å². The van der Waals surface area contributed by atoms with E-state index in [1.54, 1.807) is 0 Å². The number of nitrogens with one attached hydrogen (secondary N) is 2. The third kappa shape index (κ3) is 5.62. The molecule has 1 aliphatic heterocycles. The molecule has 1 fully saturated rings. The van der Waals surface area contributed by atoms with Crippen LogP contribution in [0.3, 0.4) is 0 Å². The topological polar surface area (TPSA) is 73.6 Å². The maximum absolute atomic E-state index is 4.76. The fourth-order valence-corrected chi connectivity index (χ4v) is 4.08. The average Bonchev–Trinajstić information content (AvgIpc) is 3.22. The van der Waals surface area contributed by atoms with E-state index in [0.717, 1.165) is 48.6 Å². The number of piperidine rings is 1. The molecular formula is C23H33IN8. The second-order valence-electron chi connectivity index (χ2n) is 8.28. The highest BCUT2D eigenvalue weighted by Crippen LogP contribution is 2.22. The molecule has 172 valence electrons. The predicted octanol–water partition coefficient (Wildman–Crippen LogP) is 2.99. The third-order valence-electron chi connectivity index (χ3n) is 5.74. The minimum atomic E-state index is 0. The Morgan fingerprint density at radius 2 is 2.09 bits per heavy atom. The van der Waals surface area contributed by atoms with Crippen molar-refractivity contribution in [3.8, 4) is 0 Å². The van der Waals surface area contributed by atoms with E-state index >= 15 is 0 Å². The first kappa shape index (κ1) is 24.1. The quantitative estimate of drug-likeness (QED) is 0.290. The van der Waals surface area contributed by atoms with E-state index in [4.69, 9.17) is 4.98 Å². The van der Waals surface area contributed by atoms with Gasteiger partial charge in [-0.15, -0.1) is 24.0 Å². The molecule has 1 unspecified atom stereocenters. The molecule has 3 heterocycles. The Bertz CT molecular complexity index is 1060. The number of aliphatic imine (C=N–C) groups is 1. The minimum Gasteiger partial charge on any atom is -0.367 e. The Balaban J connectivity index is 0.00000289. The Hall–Kier alpha value is -2.56. The molecule has 1 aliphatic rings. The molecule has 0 aliphatic carbocycles. The van der Waals surface area contributed by atoms with Crippen LogP contribution in [-0.2, 0) is 13.6 Å². The molecule has 0 radical (unpaired) electrons. The van der Waals surface area contributed by atoms with Crippen LogP contribution < -0.4 is 20.4 Å². The fraction of sp³-hybridized carbons (Fsp3) is 0.435. The normalized spacial score (nSPS) is 16.6. The molecule has 0 spiro atoms.